The molecule has 0 aliphatic heterocycles. The standard InChI is InChI=1S/C22H44S.H2O/c1-3-22(4-2)20-18-16-14-12-10-8-6-5-7-9-11-13-15-17-19-21-23;/h5-6,22-23H,3-4,7-21H2,1-2H3;1H2. The van der Waals surface area contributed by atoms with Gasteiger partial charge in [0.1, 0.15) is 5.75 Å². The van der Waals surface area contributed by atoms with E-state index in [1.165, 1.54) is 108 Å². The molecule has 0 aliphatic rings. The van der Waals surface area contributed by atoms with Crippen LogP contribution in [-0.4, -0.2) is 11.2 Å². The molecule has 0 saturated carbocycles. The van der Waals surface area contributed by atoms with Crippen LogP contribution in [0.1, 0.15) is 117 Å². The summed E-state index contributed by atoms with van der Waals surface area (Å²) < 4.78 is 0. The molecule has 1 nitrogen and oxygen atoms in total. The zero-order valence-corrected chi connectivity index (χ0v) is 17.7. The zero-order valence-electron chi connectivity index (χ0n) is 16.7. The summed E-state index contributed by atoms with van der Waals surface area (Å²) in [6.07, 6.45) is 27.2. The van der Waals surface area contributed by atoms with E-state index in [1.807, 2.05) is 0 Å². The maximum atomic E-state index is 3.54. The Labute approximate surface area is 158 Å². The van der Waals surface area contributed by atoms with Gasteiger partial charge in [0.05, 0.1) is 0 Å². The SMILES string of the molecule is CCC(CC)CCCCCCCC=CCCCCCCCC[SH2+].[OH-]. The molecule has 0 aromatic rings. The number of allylic oxidation sites excluding steroid dienone is 2. The first-order valence-electron chi connectivity index (χ1n) is 10.6. The summed E-state index contributed by atoms with van der Waals surface area (Å²) in [4.78, 5) is 0. The van der Waals surface area contributed by atoms with Crippen LogP contribution in [0.25, 0.3) is 0 Å². The highest BCUT2D eigenvalue weighted by atomic mass is 32.1. The van der Waals surface area contributed by atoms with Gasteiger partial charge in [-0.3, -0.25) is 0 Å². The number of hydrogen-bond donors (Lipinski definition) is 0. The predicted octanol–water partition coefficient (Wildman–Crippen LogP) is 7.27. The largest absolute Gasteiger partial charge is 0.870 e. The highest BCUT2D eigenvalue weighted by molar-refractivity contribution is 7.58. The molecule has 146 valence electrons. The van der Waals surface area contributed by atoms with Crippen LogP contribution in [-0.2, 0) is 12.6 Å². The average Bonchev–Trinajstić information content (AvgIpc) is 2.58. The van der Waals surface area contributed by atoms with Crippen molar-refractivity contribution in [3.63, 3.8) is 0 Å². The average molecular weight is 359 g/mol. The minimum absolute atomic E-state index is 0. The molecule has 0 amide bonds. The van der Waals surface area contributed by atoms with Crippen LogP contribution in [0, 0.1) is 5.92 Å². The van der Waals surface area contributed by atoms with Gasteiger partial charge in [-0.1, -0.05) is 90.2 Å². The van der Waals surface area contributed by atoms with Crippen molar-refractivity contribution >= 4 is 12.6 Å². The highest BCUT2D eigenvalue weighted by Crippen LogP contribution is 2.17. The summed E-state index contributed by atoms with van der Waals surface area (Å²) in [5, 5.41) is 0. The first kappa shape index (κ1) is 26.3. The van der Waals surface area contributed by atoms with Gasteiger partial charge in [0, 0.05) is 0 Å². The third-order valence-corrected chi connectivity index (χ3v) is 5.46. The van der Waals surface area contributed by atoms with Gasteiger partial charge in [-0.05, 0) is 57.1 Å². The Bertz CT molecular complexity index is 236. The number of rotatable bonds is 18. The second kappa shape index (κ2) is 23.1. The van der Waals surface area contributed by atoms with Gasteiger partial charge < -0.3 is 5.48 Å². The first-order chi connectivity index (χ1) is 11.3. The van der Waals surface area contributed by atoms with Crippen molar-refractivity contribution in [1.82, 2.24) is 0 Å². The molecule has 0 fully saturated rings. The fraction of sp³-hybridized carbons (Fsp3) is 0.909. The van der Waals surface area contributed by atoms with Crippen molar-refractivity contribution in [2.75, 3.05) is 5.75 Å². The minimum Gasteiger partial charge on any atom is -0.870 e. The van der Waals surface area contributed by atoms with Gasteiger partial charge in [-0.15, -0.1) is 0 Å². The topological polar surface area (TPSA) is 30.0 Å². The lowest BCUT2D eigenvalue weighted by molar-refractivity contribution is 0.427. The molecule has 1 N–H and O–H groups in total. The Balaban J connectivity index is 0. The molecule has 0 unspecified atom stereocenters. The van der Waals surface area contributed by atoms with Crippen molar-refractivity contribution in [2.24, 2.45) is 5.92 Å². The van der Waals surface area contributed by atoms with E-state index < -0.39 is 0 Å². The molecule has 0 aromatic heterocycles. The molecule has 0 atom stereocenters. The lowest BCUT2D eigenvalue weighted by Gasteiger charge is -2.11. The molecule has 0 rings (SSSR count). The van der Waals surface area contributed by atoms with E-state index in [0.29, 0.717) is 0 Å². The predicted molar refractivity (Wildman–Crippen MR) is 115 cm³/mol. The fourth-order valence-electron chi connectivity index (χ4n) is 3.25. The summed E-state index contributed by atoms with van der Waals surface area (Å²) in [7, 11) is 0. The van der Waals surface area contributed by atoms with Crippen LogP contribution >= 0.6 is 0 Å². The smallest absolute Gasteiger partial charge is 0.103 e. The highest BCUT2D eigenvalue weighted by Gasteiger charge is 2.01. The lowest BCUT2D eigenvalue weighted by Crippen LogP contribution is -1.96. The Hall–Kier alpha value is 0.0500. The Morgan fingerprint density at radius 2 is 1.04 bits per heavy atom. The Morgan fingerprint density at radius 3 is 1.50 bits per heavy atom. The van der Waals surface area contributed by atoms with Gasteiger partial charge in [-0.25, -0.2) is 0 Å². The molecule has 0 heterocycles. The van der Waals surface area contributed by atoms with E-state index >= 15 is 0 Å². The molecule has 0 aliphatic carbocycles. The second-order valence-corrected chi connectivity index (χ2v) is 7.66. The lowest BCUT2D eigenvalue weighted by atomic mass is 9.96. The third kappa shape index (κ3) is 20.1. The fourth-order valence-corrected chi connectivity index (χ4v) is 3.50. The van der Waals surface area contributed by atoms with E-state index in [2.05, 4.69) is 38.6 Å². The van der Waals surface area contributed by atoms with Crippen molar-refractivity contribution in [3.8, 4) is 0 Å². The van der Waals surface area contributed by atoms with E-state index in [-0.39, 0.29) is 5.48 Å². The zero-order chi connectivity index (χ0) is 17.0. The van der Waals surface area contributed by atoms with Crippen molar-refractivity contribution < 1.29 is 5.48 Å². The molecule has 0 bridgehead atoms. The Morgan fingerprint density at radius 1 is 0.625 bits per heavy atom. The molecule has 0 radical (unpaired) electrons. The monoisotopic (exact) mass is 358 g/mol. The first-order valence-corrected chi connectivity index (χ1v) is 11.3. The molecule has 0 spiro atoms. The molecule has 2 heteroatoms. The summed E-state index contributed by atoms with van der Waals surface area (Å²) in [6, 6.07) is 0. The van der Waals surface area contributed by atoms with Crippen LogP contribution < -0.4 is 0 Å². The van der Waals surface area contributed by atoms with Gasteiger partial charge in [-0.2, -0.15) is 0 Å². The maximum Gasteiger partial charge on any atom is 0.103 e. The summed E-state index contributed by atoms with van der Waals surface area (Å²) in [5.41, 5.74) is 0. The molecule has 24 heavy (non-hydrogen) atoms. The summed E-state index contributed by atoms with van der Waals surface area (Å²) in [5.74, 6) is 2.16. The third-order valence-electron chi connectivity index (χ3n) is 5.10. The normalized spacial score (nSPS) is 11.3. The van der Waals surface area contributed by atoms with Gasteiger partial charge in [0.15, 0.2) is 0 Å². The van der Waals surface area contributed by atoms with Crippen LogP contribution in [0.3, 0.4) is 0 Å². The molecule has 0 saturated heterocycles. The quantitative estimate of drug-likeness (QED) is 0.144. The van der Waals surface area contributed by atoms with Crippen molar-refractivity contribution in [1.29, 1.82) is 0 Å². The van der Waals surface area contributed by atoms with Crippen LogP contribution in [0.15, 0.2) is 12.2 Å². The van der Waals surface area contributed by atoms with Gasteiger partial charge in [0.25, 0.3) is 0 Å². The van der Waals surface area contributed by atoms with Crippen LogP contribution in [0.4, 0.5) is 0 Å². The molecular weight excluding hydrogens is 312 g/mol. The summed E-state index contributed by atoms with van der Waals surface area (Å²) in [6.45, 7) is 4.68. The van der Waals surface area contributed by atoms with Gasteiger partial charge in [0.2, 0.25) is 0 Å². The van der Waals surface area contributed by atoms with Crippen LogP contribution in [0.2, 0.25) is 0 Å². The van der Waals surface area contributed by atoms with E-state index in [9.17, 15) is 0 Å². The van der Waals surface area contributed by atoms with Crippen molar-refractivity contribution in [3.05, 3.63) is 12.2 Å². The number of unbranched alkanes of at least 4 members (excludes halogenated alkanes) is 11. The van der Waals surface area contributed by atoms with E-state index in [1.54, 1.807) is 0 Å². The minimum atomic E-state index is 0. The molecular formula is C22H46OS. The van der Waals surface area contributed by atoms with E-state index in [0.717, 1.165) is 5.92 Å². The maximum absolute atomic E-state index is 3.54. The summed E-state index contributed by atoms with van der Waals surface area (Å²) >= 11 is 3.54. The number of hydrogen-bond acceptors (Lipinski definition) is 1. The van der Waals surface area contributed by atoms with E-state index in [4.69, 9.17) is 0 Å². The Kier molecular flexibility index (Phi) is 25.2. The molecule has 0 aromatic carbocycles. The van der Waals surface area contributed by atoms with Crippen LogP contribution in [0.5, 0.6) is 0 Å². The second-order valence-electron chi connectivity index (χ2n) is 7.16. The van der Waals surface area contributed by atoms with Gasteiger partial charge >= 0.3 is 0 Å². The van der Waals surface area contributed by atoms with Crippen molar-refractivity contribution in [2.45, 2.75) is 117 Å².